The Hall–Kier alpha value is -2.11. The lowest BCUT2D eigenvalue weighted by Gasteiger charge is -2.16. The zero-order chi connectivity index (χ0) is 13.1. The molecule has 0 aromatic carbocycles. The fourth-order valence-electron chi connectivity index (χ4n) is 1.78. The molecule has 0 aliphatic heterocycles. The number of amides is 1. The number of aromatic amines is 1. The SMILES string of the molecule is Cc1cc(C)n(CC(=O)N(C)Cc2ncc[nH]2)n1. The van der Waals surface area contributed by atoms with Gasteiger partial charge in [-0.3, -0.25) is 9.48 Å². The van der Waals surface area contributed by atoms with Gasteiger partial charge in [0.1, 0.15) is 12.4 Å². The van der Waals surface area contributed by atoms with Crippen molar-refractivity contribution in [3.63, 3.8) is 0 Å². The molecule has 0 fully saturated rings. The third kappa shape index (κ3) is 2.77. The fourth-order valence-corrected chi connectivity index (χ4v) is 1.78. The van der Waals surface area contributed by atoms with Crippen molar-refractivity contribution in [2.45, 2.75) is 26.9 Å². The van der Waals surface area contributed by atoms with Crippen LogP contribution in [0.5, 0.6) is 0 Å². The molecule has 2 aromatic heterocycles. The second-order valence-electron chi connectivity index (χ2n) is 4.37. The topological polar surface area (TPSA) is 66.8 Å². The molecule has 2 aromatic rings. The molecule has 1 amide bonds. The van der Waals surface area contributed by atoms with Crippen molar-refractivity contribution in [2.75, 3.05) is 7.05 Å². The molecule has 0 atom stereocenters. The van der Waals surface area contributed by atoms with E-state index in [1.807, 2.05) is 19.9 Å². The number of nitrogens with zero attached hydrogens (tertiary/aromatic N) is 4. The molecule has 6 heteroatoms. The molecule has 0 radical (unpaired) electrons. The van der Waals surface area contributed by atoms with Gasteiger partial charge in [-0.2, -0.15) is 5.10 Å². The van der Waals surface area contributed by atoms with Gasteiger partial charge in [0.05, 0.1) is 12.2 Å². The van der Waals surface area contributed by atoms with E-state index >= 15 is 0 Å². The van der Waals surface area contributed by atoms with E-state index in [-0.39, 0.29) is 12.5 Å². The first-order valence-electron chi connectivity index (χ1n) is 5.79. The second kappa shape index (κ2) is 5.03. The van der Waals surface area contributed by atoms with Crippen molar-refractivity contribution in [1.82, 2.24) is 24.6 Å². The molecule has 0 unspecified atom stereocenters. The molecule has 0 saturated heterocycles. The van der Waals surface area contributed by atoms with E-state index in [0.29, 0.717) is 6.54 Å². The average molecular weight is 247 g/mol. The van der Waals surface area contributed by atoms with Crippen LogP contribution in [0, 0.1) is 13.8 Å². The first-order valence-corrected chi connectivity index (χ1v) is 5.79. The molecule has 0 aliphatic rings. The third-order valence-electron chi connectivity index (χ3n) is 2.76. The van der Waals surface area contributed by atoms with E-state index in [4.69, 9.17) is 0 Å². The molecule has 18 heavy (non-hydrogen) atoms. The number of carbonyl (C=O) groups excluding carboxylic acids is 1. The standard InChI is InChI=1S/C12H17N5O/c1-9-6-10(2)17(15-9)8-12(18)16(3)7-11-13-4-5-14-11/h4-6H,7-8H2,1-3H3,(H,13,14). The zero-order valence-corrected chi connectivity index (χ0v) is 10.8. The Morgan fingerprint density at radius 2 is 2.28 bits per heavy atom. The van der Waals surface area contributed by atoms with Gasteiger partial charge in [0, 0.05) is 25.1 Å². The number of H-pyrrole nitrogens is 1. The van der Waals surface area contributed by atoms with Gasteiger partial charge in [0.15, 0.2) is 0 Å². The number of aromatic nitrogens is 4. The second-order valence-corrected chi connectivity index (χ2v) is 4.37. The summed E-state index contributed by atoms with van der Waals surface area (Å²) in [6.45, 7) is 4.60. The van der Waals surface area contributed by atoms with Gasteiger partial charge in [-0.05, 0) is 19.9 Å². The number of likely N-dealkylation sites (N-methyl/N-ethyl adjacent to an activating group) is 1. The van der Waals surface area contributed by atoms with E-state index in [1.54, 1.807) is 29.0 Å². The van der Waals surface area contributed by atoms with Gasteiger partial charge in [-0.25, -0.2) is 4.98 Å². The molecule has 2 heterocycles. The minimum atomic E-state index is 0.0117. The summed E-state index contributed by atoms with van der Waals surface area (Å²) >= 11 is 0. The van der Waals surface area contributed by atoms with Gasteiger partial charge >= 0.3 is 0 Å². The van der Waals surface area contributed by atoms with Crippen LogP contribution in [0.15, 0.2) is 18.5 Å². The predicted molar refractivity (Wildman–Crippen MR) is 66.8 cm³/mol. The Kier molecular flexibility index (Phi) is 3.45. The van der Waals surface area contributed by atoms with Crippen LogP contribution >= 0.6 is 0 Å². The summed E-state index contributed by atoms with van der Waals surface area (Å²) in [4.78, 5) is 20.7. The minimum Gasteiger partial charge on any atom is -0.347 e. The van der Waals surface area contributed by atoms with Gasteiger partial charge in [-0.1, -0.05) is 0 Å². The van der Waals surface area contributed by atoms with Crippen molar-refractivity contribution >= 4 is 5.91 Å². The lowest BCUT2D eigenvalue weighted by Crippen LogP contribution is -2.30. The molecule has 0 saturated carbocycles. The van der Waals surface area contributed by atoms with E-state index in [0.717, 1.165) is 17.2 Å². The van der Waals surface area contributed by atoms with E-state index in [1.165, 1.54) is 0 Å². The van der Waals surface area contributed by atoms with Gasteiger partial charge in [0.2, 0.25) is 5.91 Å². The van der Waals surface area contributed by atoms with Crippen LogP contribution in [0.1, 0.15) is 17.2 Å². The number of carbonyl (C=O) groups is 1. The maximum Gasteiger partial charge on any atom is 0.244 e. The van der Waals surface area contributed by atoms with Crippen molar-refractivity contribution in [1.29, 1.82) is 0 Å². The van der Waals surface area contributed by atoms with Crippen LogP contribution in [-0.4, -0.2) is 37.6 Å². The summed E-state index contributed by atoms with van der Waals surface area (Å²) in [6.07, 6.45) is 3.42. The van der Waals surface area contributed by atoms with Crippen molar-refractivity contribution in [2.24, 2.45) is 0 Å². The summed E-state index contributed by atoms with van der Waals surface area (Å²) in [5.74, 6) is 0.789. The quantitative estimate of drug-likeness (QED) is 0.872. The Bertz CT molecular complexity index is 529. The Morgan fingerprint density at radius 3 is 2.83 bits per heavy atom. The Balaban J connectivity index is 1.97. The number of aryl methyl sites for hydroxylation is 2. The van der Waals surface area contributed by atoms with Crippen LogP contribution in [0.4, 0.5) is 0 Å². The van der Waals surface area contributed by atoms with Gasteiger partial charge in [0.25, 0.3) is 0 Å². The number of hydrogen-bond acceptors (Lipinski definition) is 3. The van der Waals surface area contributed by atoms with Crippen LogP contribution < -0.4 is 0 Å². The minimum absolute atomic E-state index is 0.0117. The summed E-state index contributed by atoms with van der Waals surface area (Å²) in [6, 6.07) is 1.96. The average Bonchev–Trinajstić information content (AvgIpc) is 2.89. The summed E-state index contributed by atoms with van der Waals surface area (Å²) < 4.78 is 1.72. The van der Waals surface area contributed by atoms with E-state index in [9.17, 15) is 4.79 Å². The zero-order valence-electron chi connectivity index (χ0n) is 10.8. The number of nitrogens with one attached hydrogen (secondary N) is 1. The highest BCUT2D eigenvalue weighted by atomic mass is 16.2. The molecule has 0 spiro atoms. The number of imidazole rings is 1. The molecular weight excluding hydrogens is 230 g/mol. The van der Waals surface area contributed by atoms with Crippen molar-refractivity contribution < 1.29 is 4.79 Å². The normalized spacial score (nSPS) is 10.6. The largest absolute Gasteiger partial charge is 0.347 e. The lowest BCUT2D eigenvalue weighted by atomic mass is 10.4. The van der Waals surface area contributed by atoms with Gasteiger partial charge < -0.3 is 9.88 Å². The number of hydrogen-bond donors (Lipinski definition) is 1. The number of rotatable bonds is 4. The highest BCUT2D eigenvalue weighted by Crippen LogP contribution is 2.03. The van der Waals surface area contributed by atoms with E-state index < -0.39 is 0 Å². The Morgan fingerprint density at radius 1 is 1.50 bits per heavy atom. The maximum atomic E-state index is 12.0. The van der Waals surface area contributed by atoms with Crippen LogP contribution in [-0.2, 0) is 17.9 Å². The fraction of sp³-hybridized carbons (Fsp3) is 0.417. The molecule has 0 bridgehead atoms. The van der Waals surface area contributed by atoms with E-state index in [2.05, 4.69) is 15.1 Å². The molecule has 2 rings (SSSR count). The van der Waals surface area contributed by atoms with Gasteiger partial charge in [-0.15, -0.1) is 0 Å². The lowest BCUT2D eigenvalue weighted by molar-refractivity contribution is -0.131. The maximum absolute atomic E-state index is 12.0. The molecule has 0 aliphatic carbocycles. The molecule has 6 nitrogen and oxygen atoms in total. The van der Waals surface area contributed by atoms with Crippen LogP contribution in [0.3, 0.4) is 0 Å². The monoisotopic (exact) mass is 247 g/mol. The first kappa shape index (κ1) is 12.3. The smallest absolute Gasteiger partial charge is 0.244 e. The van der Waals surface area contributed by atoms with Crippen LogP contribution in [0.2, 0.25) is 0 Å². The van der Waals surface area contributed by atoms with Crippen molar-refractivity contribution in [3.05, 3.63) is 35.7 Å². The van der Waals surface area contributed by atoms with Crippen molar-refractivity contribution in [3.8, 4) is 0 Å². The summed E-state index contributed by atoms with van der Waals surface area (Å²) in [5.41, 5.74) is 1.92. The molecule has 1 N–H and O–H groups in total. The molecular formula is C12H17N5O. The summed E-state index contributed by atoms with van der Waals surface area (Å²) in [5, 5.41) is 4.28. The third-order valence-corrected chi connectivity index (χ3v) is 2.76. The Labute approximate surface area is 106 Å². The first-order chi connectivity index (χ1) is 8.56. The molecule has 96 valence electrons. The summed E-state index contributed by atoms with van der Waals surface area (Å²) in [7, 11) is 1.76. The highest BCUT2D eigenvalue weighted by molar-refractivity contribution is 5.75. The highest BCUT2D eigenvalue weighted by Gasteiger charge is 2.12. The van der Waals surface area contributed by atoms with Crippen LogP contribution in [0.25, 0.3) is 0 Å². The predicted octanol–water partition coefficient (Wildman–Crippen LogP) is 0.882.